The van der Waals surface area contributed by atoms with E-state index in [-0.39, 0.29) is 0 Å². The molecule has 0 aromatic heterocycles. The molecular weight excluding hydrogens is 246 g/mol. The van der Waals surface area contributed by atoms with Gasteiger partial charge in [-0.25, -0.2) is 0 Å². The van der Waals surface area contributed by atoms with E-state index in [9.17, 15) is 0 Å². The zero-order valence-corrected chi connectivity index (χ0v) is 14.3. The lowest BCUT2D eigenvalue weighted by Crippen LogP contribution is -2.54. The highest BCUT2D eigenvalue weighted by molar-refractivity contribution is 4.94. The molecule has 0 aromatic rings. The van der Waals surface area contributed by atoms with Gasteiger partial charge >= 0.3 is 0 Å². The lowest BCUT2D eigenvalue weighted by molar-refractivity contribution is 0.0601. The summed E-state index contributed by atoms with van der Waals surface area (Å²) in [7, 11) is 6.62. The van der Waals surface area contributed by atoms with Crippen molar-refractivity contribution in [2.45, 2.75) is 58.0 Å². The Kier molecular flexibility index (Phi) is 5.49. The summed E-state index contributed by atoms with van der Waals surface area (Å²) in [6.45, 7) is 8.75. The van der Waals surface area contributed by atoms with Gasteiger partial charge in [-0.2, -0.15) is 0 Å². The first-order valence-corrected chi connectivity index (χ1v) is 8.50. The van der Waals surface area contributed by atoms with Gasteiger partial charge in [0, 0.05) is 25.2 Å². The van der Waals surface area contributed by atoms with Crippen molar-refractivity contribution in [3.8, 4) is 0 Å². The Hall–Kier alpha value is -0.120. The van der Waals surface area contributed by atoms with Crippen LogP contribution >= 0.6 is 0 Å². The molecule has 3 atom stereocenters. The molecule has 1 saturated carbocycles. The number of likely N-dealkylation sites (N-methyl/N-ethyl adjacent to an activating group) is 1. The van der Waals surface area contributed by atoms with E-state index in [2.05, 4.69) is 50.1 Å². The lowest BCUT2D eigenvalue weighted by Gasteiger charge is -2.46. The van der Waals surface area contributed by atoms with Gasteiger partial charge in [-0.1, -0.05) is 20.3 Å². The number of piperidine rings is 1. The van der Waals surface area contributed by atoms with Gasteiger partial charge in [0.05, 0.1) is 0 Å². The Morgan fingerprint density at radius 3 is 2.60 bits per heavy atom. The van der Waals surface area contributed by atoms with Gasteiger partial charge in [0.2, 0.25) is 0 Å². The van der Waals surface area contributed by atoms with Crippen molar-refractivity contribution in [1.82, 2.24) is 15.1 Å². The Bertz CT molecular complexity index is 301. The van der Waals surface area contributed by atoms with E-state index in [4.69, 9.17) is 0 Å². The van der Waals surface area contributed by atoms with Crippen LogP contribution in [0.1, 0.15) is 46.0 Å². The quantitative estimate of drug-likeness (QED) is 0.854. The summed E-state index contributed by atoms with van der Waals surface area (Å²) in [4.78, 5) is 5.14. The van der Waals surface area contributed by atoms with Gasteiger partial charge in [0.25, 0.3) is 0 Å². The zero-order valence-electron chi connectivity index (χ0n) is 14.3. The van der Waals surface area contributed by atoms with Crippen LogP contribution in [-0.2, 0) is 0 Å². The summed E-state index contributed by atoms with van der Waals surface area (Å²) in [5.41, 5.74) is 0.453. The minimum atomic E-state index is 0.453. The average molecular weight is 281 g/mol. The Morgan fingerprint density at radius 1 is 1.20 bits per heavy atom. The topological polar surface area (TPSA) is 18.5 Å². The minimum Gasteiger partial charge on any atom is -0.316 e. The Labute approximate surface area is 126 Å². The third kappa shape index (κ3) is 3.75. The predicted molar refractivity (Wildman–Crippen MR) is 87.1 cm³/mol. The third-order valence-electron chi connectivity index (χ3n) is 5.72. The monoisotopic (exact) mass is 281 g/mol. The molecule has 0 radical (unpaired) electrons. The second kappa shape index (κ2) is 6.76. The molecule has 0 spiro atoms. The Morgan fingerprint density at radius 2 is 1.95 bits per heavy atom. The molecule has 0 bridgehead atoms. The molecule has 1 aliphatic heterocycles. The summed E-state index contributed by atoms with van der Waals surface area (Å²) < 4.78 is 0. The van der Waals surface area contributed by atoms with Crippen molar-refractivity contribution < 1.29 is 0 Å². The second-order valence-corrected chi connectivity index (χ2v) is 7.93. The van der Waals surface area contributed by atoms with E-state index in [1.54, 1.807) is 0 Å². The number of hydrogen-bond donors (Lipinski definition) is 1. The van der Waals surface area contributed by atoms with Crippen molar-refractivity contribution in [3.63, 3.8) is 0 Å². The van der Waals surface area contributed by atoms with Crippen molar-refractivity contribution in [2.24, 2.45) is 11.3 Å². The molecule has 1 aliphatic carbocycles. The van der Waals surface area contributed by atoms with Crippen molar-refractivity contribution in [3.05, 3.63) is 0 Å². The number of nitrogens with one attached hydrogen (secondary N) is 1. The molecule has 20 heavy (non-hydrogen) atoms. The number of likely N-dealkylation sites (tertiary alicyclic amines) is 1. The maximum absolute atomic E-state index is 3.63. The van der Waals surface area contributed by atoms with Crippen LogP contribution in [0.5, 0.6) is 0 Å². The lowest BCUT2D eigenvalue weighted by atomic mass is 9.67. The number of hydrogen-bond acceptors (Lipinski definition) is 3. The Balaban J connectivity index is 1.94. The maximum Gasteiger partial charge on any atom is 0.0217 e. The van der Waals surface area contributed by atoms with E-state index in [0.29, 0.717) is 11.5 Å². The standard InChI is InChI=1S/C17H35N3/c1-17(2)10-6-8-14(16(17)18-3)12-20-11-7-9-15(13-20)19(4)5/h14-16,18H,6-13H2,1-5H3. The molecule has 2 aliphatic rings. The molecule has 2 rings (SSSR count). The van der Waals surface area contributed by atoms with Crippen LogP contribution < -0.4 is 5.32 Å². The summed E-state index contributed by atoms with van der Waals surface area (Å²) in [6.07, 6.45) is 6.91. The van der Waals surface area contributed by atoms with Crippen LogP contribution in [0.25, 0.3) is 0 Å². The van der Waals surface area contributed by atoms with Crippen LogP contribution in [-0.4, -0.2) is 62.7 Å². The third-order valence-corrected chi connectivity index (χ3v) is 5.72. The largest absolute Gasteiger partial charge is 0.316 e. The fraction of sp³-hybridized carbons (Fsp3) is 1.00. The van der Waals surface area contributed by atoms with Gasteiger partial charge < -0.3 is 15.1 Å². The molecule has 0 aromatic carbocycles. The molecule has 3 nitrogen and oxygen atoms in total. The van der Waals surface area contributed by atoms with Crippen LogP contribution in [0.3, 0.4) is 0 Å². The second-order valence-electron chi connectivity index (χ2n) is 7.93. The summed E-state index contributed by atoms with van der Waals surface area (Å²) in [5, 5.41) is 3.63. The van der Waals surface area contributed by atoms with Gasteiger partial charge in [0.1, 0.15) is 0 Å². The van der Waals surface area contributed by atoms with Crippen molar-refractivity contribution >= 4 is 0 Å². The normalized spacial score (nSPS) is 35.4. The number of rotatable bonds is 4. The number of nitrogens with zero attached hydrogens (tertiary/aromatic N) is 2. The zero-order chi connectivity index (χ0) is 14.8. The minimum absolute atomic E-state index is 0.453. The molecule has 118 valence electrons. The molecular formula is C17H35N3. The fourth-order valence-electron chi connectivity index (χ4n) is 4.55. The predicted octanol–water partition coefficient (Wildman–Crippen LogP) is 2.43. The van der Waals surface area contributed by atoms with Gasteiger partial charge in [0.15, 0.2) is 0 Å². The van der Waals surface area contributed by atoms with E-state index in [1.807, 2.05) is 0 Å². The summed E-state index contributed by atoms with van der Waals surface area (Å²) >= 11 is 0. The highest BCUT2D eigenvalue weighted by Crippen LogP contribution is 2.39. The summed E-state index contributed by atoms with van der Waals surface area (Å²) in [6, 6.07) is 1.43. The van der Waals surface area contributed by atoms with E-state index in [0.717, 1.165) is 12.0 Å². The molecule has 3 unspecified atom stereocenters. The molecule has 0 amide bonds. The van der Waals surface area contributed by atoms with E-state index >= 15 is 0 Å². The smallest absolute Gasteiger partial charge is 0.0217 e. The molecule has 1 saturated heterocycles. The molecule has 2 fully saturated rings. The van der Waals surface area contributed by atoms with Crippen LogP contribution in [0.2, 0.25) is 0 Å². The van der Waals surface area contributed by atoms with Crippen molar-refractivity contribution in [2.75, 3.05) is 40.8 Å². The highest BCUT2D eigenvalue weighted by Gasteiger charge is 2.38. The maximum atomic E-state index is 3.63. The van der Waals surface area contributed by atoms with E-state index < -0.39 is 0 Å². The van der Waals surface area contributed by atoms with Crippen LogP contribution in [0.15, 0.2) is 0 Å². The SMILES string of the molecule is CNC1C(CN2CCCC(N(C)C)C2)CCCC1(C)C. The van der Waals surface area contributed by atoms with Crippen LogP contribution in [0.4, 0.5) is 0 Å². The molecule has 3 heteroatoms. The first-order valence-electron chi connectivity index (χ1n) is 8.50. The first kappa shape index (κ1) is 16.3. The summed E-state index contributed by atoms with van der Waals surface area (Å²) in [5.74, 6) is 0.824. The van der Waals surface area contributed by atoms with Gasteiger partial charge in [-0.15, -0.1) is 0 Å². The molecule has 1 heterocycles. The van der Waals surface area contributed by atoms with Crippen molar-refractivity contribution in [1.29, 1.82) is 0 Å². The highest BCUT2D eigenvalue weighted by atomic mass is 15.2. The average Bonchev–Trinajstić information content (AvgIpc) is 2.38. The molecule has 1 N–H and O–H groups in total. The van der Waals surface area contributed by atoms with E-state index in [1.165, 1.54) is 51.7 Å². The van der Waals surface area contributed by atoms with Crippen LogP contribution in [0, 0.1) is 11.3 Å². The van der Waals surface area contributed by atoms with Gasteiger partial charge in [-0.3, -0.25) is 0 Å². The first-order chi connectivity index (χ1) is 9.44. The fourth-order valence-corrected chi connectivity index (χ4v) is 4.55. The van der Waals surface area contributed by atoms with Gasteiger partial charge in [-0.05, 0) is 64.7 Å².